The van der Waals surface area contributed by atoms with E-state index in [-0.39, 0.29) is 16.4 Å². The van der Waals surface area contributed by atoms with Crippen LogP contribution >= 0.6 is 11.6 Å². The van der Waals surface area contributed by atoms with Crippen LogP contribution in [0.15, 0.2) is 18.2 Å². The Bertz CT molecular complexity index is 499. The Kier molecular flexibility index (Phi) is 4.06. The molecule has 0 saturated carbocycles. The van der Waals surface area contributed by atoms with Crippen molar-refractivity contribution in [2.45, 2.75) is 0 Å². The van der Waals surface area contributed by atoms with Crippen molar-refractivity contribution in [3.8, 4) is 0 Å². The molecule has 0 unspecified atom stereocenters. The number of ether oxygens (including phenoxy) is 1. The van der Waals surface area contributed by atoms with Gasteiger partial charge in [-0.05, 0) is 12.1 Å². The summed E-state index contributed by atoms with van der Waals surface area (Å²) in [4.78, 5) is 20.9. The largest absolute Gasteiger partial charge is 0.466 e. The Hall–Kier alpha value is -2.08. The maximum absolute atomic E-state index is 10.9. The molecule has 0 aliphatic rings. The number of hydrogen-bond donors (Lipinski definition) is 1. The second kappa shape index (κ2) is 5.31. The van der Waals surface area contributed by atoms with Gasteiger partial charge in [-0.2, -0.15) is 0 Å². The third-order valence-corrected chi connectivity index (χ3v) is 2.27. The van der Waals surface area contributed by atoms with Crippen molar-refractivity contribution in [2.75, 3.05) is 12.8 Å². The number of methoxy groups -OCH3 is 1. The van der Waals surface area contributed by atoms with Gasteiger partial charge in [0.05, 0.1) is 17.1 Å². The van der Waals surface area contributed by atoms with Crippen molar-refractivity contribution in [1.29, 1.82) is 0 Å². The number of nitrogens with zero attached hydrogens (tertiary/aromatic N) is 1. The van der Waals surface area contributed by atoms with E-state index in [1.807, 2.05) is 0 Å². The second-order valence-electron chi connectivity index (χ2n) is 3.05. The normalized spacial score (nSPS) is 10.5. The van der Waals surface area contributed by atoms with Crippen LogP contribution in [0.1, 0.15) is 5.56 Å². The quantitative estimate of drug-likeness (QED) is 0.293. The van der Waals surface area contributed by atoms with Crippen LogP contribution in [0.3, 0.4) is 0 Å². The predicted octanol–water partition coefficient (Wildman–Crippen LogP) is 2.02. The van der Waals surface area contributed by atoms with Crippen molar-refractivity contribution in [3.63, 3.8) is 0 Å². The first-order valence-corrected chi connectivity index (χ1v) is 4.83. The number of nitrogens with two attached hydrogens (primary N) is 1. The molecule has 1 aromatic rings. The Balaban J connectivity index is 3.16. The van der Waals surface area contributed by atoms with Crippen molar-refractivity contribution >= 4 is 35.0 Å². The van der Waals surface area contributed by atoms with Gasteiger partial charge in [-0.3, -0.25) is 10.1 Å². The van der Waals surface area contributed by atoms with Gasteiger partial charge in [0.25, 0.3) is 5.69 Å². The number of esters is 1. The molecule has 17 heavy (non-hydrogen) atoms. The first kappa shape index (κ1) is 13.0. The van der Waals surface area contributed by atoms with Gasteiger partial charge in [-0.15, -0.1) is 0 Å². The minimum absolute atomic E-state index is 0.0322. The number of rotatable bonds is 3. The van der Waals surface area contributed by atoms with Crippen LogP contribution in [0.25, 0.3) is 6.08 Å². The van der Waals surface area contributed by atoms with Gasteiger partial charge in [-0.1, -0.05) is 11.6 Å². The molecule has 90 valence electrons. The van der Waals surface area contributed by atoms with E-state index in [1.165, 1.54) is 25.3 Å². The fourth-order valence-corrected chi connectivity index (χ4v) is 1.34. The summed E-state index contributed by atoms with van der Waals surface area (Å²) in [5.74, 6) is -0.583. The molecule has 0 saturated heterocycles. The number of nitro benzene ring substituents is 1. The van der Waals surface area contributed by atoms with Crippen molar-refractivity contribution in [1.82, 2.24) is 0 Å². The first-order chi connectivity index (χ1) is 7.95. The van der Waals surface area contributed by atoms with E-state index in [9.17, 15) is 14.9 Å². The van der Waals surface area contributed by atoms with Crippen molar-refractivity contribution in [2.24, 2.45) is 0 Å². The lowest BCUT2D eigenvalue weighted by atomic mass is 10.1. The van der Waals surface area contributed by atoms with Gasteiger partial charge in [0.15, 0.2) is 0 Å². The highest BCUT2D eigenvalue weighted by Crippen LogP contribution is 2.29. The summed E-state index contributed by atoms with van der Waals surface area (Å²) in [5.41, 5.74) is 5.45. The van der Waals surface area contributed by atoms with Gasteiger partial charge in [0.2, 0.25) is 0 Å². The topological polar surface area (TPSA) is 95.5 Å². The van der Waals surface area contributed by atoms with Gasteiger partial charge >= 0.3 is 5.97 Å². The van der Waals surface area contributed by atoms with E-state index in [0.29, 0.717) is 5.56 Å². The molecule has 1 rings (SSSR count). The fourth-order valence-electron chi connectivity index (χ4n) is 1.11. The Morgan fingerprint density at radius 3 is 2.76 bits per heavy atom. The maximum atomic E-state index is 10.9. The SMILES string of the molecule is COC(=O)C=Cc1cc([N+](=O)[O-])c(N)cc1Cl. The number of hydrogen-bond acceptors (Lipinski definition) is 5. The Morgan fingerprint density at radius 1 is 1.59 bits per heavy atom. The highest BCUT2D eigenvalue weighted by atomic mass is 35.5. The second-order valence-corrected chi connectivity index (χ2v) is 3.45. The zero-order valence-electron chi connectivity index (χ0n) is 8.84. The van der Waals surface area contributed by atoms with Crippen molar-refractivity contribution < 1.29 is 14.5 Å². The molecule has 0 aliphatic carbocycles. The average Bonchev–Trinajstić information content (AvgIpc) is 2.26. The van der Waals surface area contributed by atoms with E-state index < -0.39 is 10.9 Å². The number of carbonyl (C=O) groups excluding carboxylic acids is 1. The van der Waals surface area contributed by atoms with Crippen LogP contribution in [0, 0.1) is 10.1 Å². The van der Waals surface area contributed by atoms with E-state index in [2.05, 4.69) is 4.74 Å². The summed E-state index contributed by atoms with van der Waals surface area (Å²) in [6, 6.07) is 2.45. The number of carbonyl (C=O) groups is 1. The van der Waals surface area contributed by atoms with Crippen LogP contribution in [0.2, 0.25) is 5.02 Å². The molecule has 0 fully saturated rings. The highest BCUT2D eigenvalue weighted by Gasteiger charge is 2.14. The predicted molar refractivity (Wildman–Crippen MR) is 63.6 cm³/mol. The number of anilines is 1. The lowest BCUT2D eigenvalue weighted by Crippen LogP contribution is -1.97. The fraction of sp³-hybridized carbons (Fsp3) is 0.100. The zero-order valence-corrected chi connectivity index (χ0v) is 9.60. The molecule has 0 heterocycles. The van der Waals surface area contributed by atoms with Gasteiger partial charge < -0.3 is 10.5 Å². The lowest BCUT2D eigenvalue weighted by Gasteiger charge is -2.01. The molecular weight excluding hydrogens is 248 g/mol. The Morgan fingerprint density at radius 2 is 2.24 bits per heavy atom. The van der Waals surface area contributed by atoms with Crippen LogP contribution in [0.4, 0.5) is 11.4 Å². The summed E-state index contributed by atoms with van der Waals surface area (Å²) in [6.07, 6.45) is 2.43. The van der Waals surface area contributed by atoms with Crippen LogP contribution in [0.5, 0.6) is 0 Å². The molecule has 0 amide bonds. The van der Waals surface area contributed by atoms with Gasteiger partial charge in [0, 0.05) is 17.7 Å². The Labute approximate surface area is 102 Å². The molecule has 6 nitrogen and oxygen atoms in total. The molecule has 0 radical (unpaired) electrons. The monoisotopic (exact) mass is 256 g/mol. The highest BCUT2D eigenvalue weighted by molar-refractivity contribution is 6.32. The molecule has 0 aromatic heterocycles. The third kappa shape index (κ3) is 3.18. The van der Waals surface area contributed by atoms with E-state index in [4.69, 9.17) is 17.3 Å². The van der Waals surface area contributed by atoms with E-state index in [0.717, 1.165) is 6.08 Å². The summed E-state index contributed by atoms with van der Waals surface area (Å²) in [5, 5.41) is 10.9. The molecule has 0 bridgehead atoms. The molecule has 0 spiro atoms. The van der Waals surface area contributed by atoms with E-state index in [1.54, 1.807) is 0 Å². The summed E-state index contributed by atoms with van der Waals surface area (Å²) in [6.45, 7) is 0. The smallest absolute Gasteiger partial charge is 0.330 e. The number of benzene rings is 1. The summed E-state index contributed by atoms with van der Waals surface area (Å²) in [7, 11) is 1.22. The van der Waals surface area contributed by atoms with E-state index >= 15 is 0 Å². The number of halogens is 1. The zero-order chi connectivity index (χ0) is 13.0. The minimum Gasteiger partial charge on any atom is -0.466 e. The molecule has 0 atom stereocenters. The summed E-state index contributed by atoms with van der Waals surface area (Å²) >= 11 is 5.83. The number of nitrogen functional groups attached to an aromatic ring is 1. The van der Waals surface area contributed by atoms with Crippen LogP contribution in [-0.2, 0) is 9.53 Å². The maximum Gasteiger partial charge on any atom is 0.330 e. The minimum atomic E-state index is -0.624. The van der Waals surface area contributed by atoms with Crippen molar-refractivity contribution in [3.05, 3.63) is 38.9 Å². The van der Waals surface area contributed by atoms with Gasteiger partial charge in [-0.25, -0.2) is 4.79 Å². The van der Waals surface area contributed by atoms with Crippen LogP contribution < -0.4 is 5.73 Å². The summed E-state index contributed by atoms with van der Waals surface area (Å²) < 4.78 is 4.39. The standard InChI is InChI=1S/C10H9ClN2O4/c1-17-10(14)3-2-6-4-9(13(15)16)8(12)5-7(6)11/h2-5H,12H2,1H3. The molecule has 1 aromatic carbocycles. The molecule has 2 N–H and O–H groups in total. The molecule has 0 aliphatic heterocycles. The third-order valence-electron chi connectivity index (χ3n) is 1.94. The number of nitro groups is 1. The first-order valence-electron chi connectivity index (χ1n) is 4.45. The lowest BCUT2D eigenvalue weighted by molar-refractivity contribution is -0.383. The van der Waals surface area contributed by atoms with Crippen LogP contribution in [-0.4, -0.2) is 18.0 Å². The van der Waals surface area contributed by atoms with Gasteiger partial charge in [0.1, 0.15) is 5.69 Å². The average molecular weight is 257 g/mol. The molecular formula is C10H9ClN2O4. The molecule has 7 heteroatoms.